The molecule has 0 aromatic carbocycles. The fourth-order valence-corrected chi connectivity index (χ4v) is 0. The second-order valence-corrected chi connectivity index (χ2v) is 0. The minimum Gasteiger partial charge on any atom is -1.00 e. The summed E-state index contributed by atoms with van der Waals surface area (Å²) in [4.78, 5) is 0. The van der Waals surface area contributed by atoms with Gasteiger partial charge in [-0.05, 0) is 0 Å². The predicted octanol–water partition coefficient (Wildman–Crippen LogP) is -13.2. The molecule has 6 heavy (non-hydrogen) atoms. The largest absolute Gasteiger partial charge is 4.00 e. The number of halogens is 4. The van der Waals surface area contributed by atoms with Crippen molar-refractivity contribution in [3.63, 3.8) is 0 Å². The minimum atomic E-state index is 0. The van der Waals surface area contributed by atoms with Gasteiger partial charge >= 0.3 is 21.7 Å². The van der Waals surface area contributed by atoms with Gasteiger partial charge in [-0.25, -0.2) is 0 Å². The molecule has 0 spiro atoms. The Kier molecular flexibility index (Phi) is 1100. The molecule has 0 radical (unpaired) electrons. The van der Waals surface area contributed by atoms with Crippen LogP contribution in [-0.2, 0) is 21.7 Å². The van der Waals surface area contributed by atoms with Crippen LogP contribution in [0.15, 0.2) is 0 Å². The monoisotopic (exact) mass is 202 g/mol. The van der Waals surface area contributed by atoms with Gasteiger partial charge in [-0.2, -0.15) is 0 Å². The Balaban J connectivity index is 0. The van der Waals surface area contributed by atoms with E-state index < -0.39 is 0 Å². The Morgan fingerprint density at radius 3 is 0.500 bits per heavy atom. The summed E-state index contributed by atoms with van der Waals surface area (Å²) < 4.78 is 0. The van der Waals surface area contributed by atoms with Crippen molar-refractivity contribution in [2.45, 2.75) is 0 Å². The maximum atomic E-state index is 0. The van der Waals surface area contributed by atoms with Crippen LogP contribution in [0.25, 0.3) is 0 Å². The molecule has 0 bridgehead atoms. The second kappa shape index (κ2) is 65.1. The molecular weight excluding hydrogens is 200 g/mol. The van der Waals surface area contributed by atoms with E-state index in [9.17, 15) is 0 Å². The molecule has 0 saturated heterocycles. The quantitative estimate of drug-likeness (QED) is 0.343. The van der Waals surface area contributed by atoms with E-state index in [0.29, 0.717) is 0 Å². The van der Waals surface area contributed by atoms with Crippen molar-refractivity contribution < 1.29 is 71.3 Å². The van der Waals surface area contributed by atoms with Crippen molar-refractivity contribution in [3.8, 4) is 0 Å². The van der Waals surface area contributed by atoms with Gasteiger partial charge in [0.15, 0.2) is 0 Å². The summed E-state index contributed by atoms with van der Waals surface area (Å²) in [6.45, 7) is 0. The van der Waals surface area contributed by atoms with Crippen molar-refractivity contribution in [2.24, 2.45) is 0 Å². The third-order valence-corrected chi connectivity index (χ3v) is 0. The summed E-state index contributed by atoms with van der Waals surface area (Å²) >= 11 is 0. The zero-order valence-electron chi connectivity index (χ0n) is 2.01. The summed E-state index contributed by atoms with van der Waals surface area (Å²) in [5.41, 5.74) is 0. The minimum absolute atomic E-state index is 0. The van der Waals surface area contributed by atoms with Crippen LogP contribution in [0.3, 0.4) is 0 Å². The summed E-state index contributed by atoms with van der Waals surface area (Å²) in [6, 6.07) is 0. The molecule has 0 fully saturated rings. The number of rotatable bonds is 0. The van der Waals surface area contributed by atoms with Gasteiger partial charge in [0.2, 0.25) is 0 Å². The first kappa shape index (κ1) is 102. The van der Waals surface area contributed by atoms with Gasteiger partial charge in [0.25, 0.3) is 0 Å². The summed E-state index contributed by atoms with van der Waals surface area (Å²) in [5, 5.41) is 0. The molecule has 38 valence electrons. The van der Waals surface area contributed by atoms with Crippen LogP contribution < -0.4 is 49.6 Å². The average molecular weight is 204 g/mol. The third kappa shape index (κ3) is 38.5. The van der Waals surface area contributed by atoms with E-state index in [1.807, 2.05) is 0 Å². The predicted molar refractivity (Wildman–Crippen MR) is 9.94 cm³/mol. The molecule has 0 nitrogen and oxygen atoms in total. The smallest absolute Gasteiger partial charge is 1.00 e. The van der Waals surface area contributed by atoms with Crippen LogP contribution in [0, 0.1) is 0 Å². The molecule has 0 rings (SSSR count). The first-order chi connectivity index (χ1) is 0. The molecule has 0 saturated carbocycles. The Hall–Kier alpha value is 1.94. The maximum Gasteiger partial charge on any atom is 4.00 e. The van der Waals surface area contributed by atoms with E-state index in [2.05, 4.69) is 0 Å². The molecule has 0 heterocycles. The fraction of sp³-hybridized carbons (Fsp3) is 0. The third-order valence-electron chi connectivity index (χ3n) is 0. The van der Waals surface area contributed by atoms with E-state index in [-0.39, 0.29) is 79.8 Å². The van der Waals surface area contributed by atoms with E-state index in [4.69, 9.17) is 0 Å². The van der Waals surface area contributed by atoms with Crippen LogP contribution in [0.4, 0.5) is 0 Å². The molecule has 0 aliphatic carbocycles. The Morgan fingerprint density at radius 2 is 0.500 bits per heavy atom. The Morgan fingerprint density at radius 1 is 0.500 bits per heavy atom. The average Bonchev–Trinajstić information content (AvgIpc) is 0. The first-order valence-electron chi connectivity index (χ1n) is 0. The van der Waals surface area contributed by atoms with Crippen molar-refractivity contribution >= 4 is 8.41 Å². The molecule has 0 aromatic rings. The molecular formula is H3BCl4Ti. The zero-order valence-corrected chi connectivity index (χ0v) is 6.60. The Bertz CT molecular complexity index is 7.51. The second-order valence-electron chi connectivity index (χ2n) is 0. The van der Waals surface area contributed by atoms with Crippen molar-refractivity contribution in [1.29, 1.82) is 0 Å². The molecule has 0 aliphatic rings. The molecule has 0 atom stereocenters. The first-order valence-corrected chi connectivity index (χ1v) is 0. The number of hydrogen-bond donors (Lipinski definition) is 0. The van der Waals surface area contributed by atoms with Crippen LogP contribution in [0.5, 0.6) is 0 Å². The van der Waals surface area contributed by atoms with Gasteiger partial charge in [-0.15, -0.1) is 0 Å². The van der Waals surface area contributed by atoms with Gasteiger partial charge in [0.05, 0.1) is 8.41 Å². The van der Waals surface area contributed by atoms with E-state index in [1.165, 1.54) is 0 Å². The standard InChI is InChI=1S/BH3.4ClH.Ti/h1H3;4*1H;/q;;;;;+4/p-4. The Labute approximate surface area is 79.3 Å². The van der Waals surface area contributed by atoms with E-state index in [0.717, 1.165) is 0 Å². The van der Waals surface area contributed by atoms with Crippen molar-refractivity contribution in [3.05, 3.63) is 0 Å². The summed E-state index contributed by atoms with van der Waals surface area (Å²) in [7, 11) is 0. The molecule has 0 amide bonds. The van der Waals surface area contributed by atoms with E-state index in [1.54, 1.807) is 0 Å². The molecule has 0 unspecified atom stereocenters. The molecule has 0 aromatic heterocycles. The molecule has 0 aliphatic heterocycles. The van der Waals surface area contributed by atoms with Gasteiger partial charge < -0.3 is 49.6 Å². The summed E-state index contributed by atoms with van der Waals surface area (Å²) in [6.07, 6.45) is 0. The molecule has 0 N–H and O–H groups in total. The van der Waals surface area contributed by atoms with Crippen molar-refractivity contribution in [1.82, 2.24) is 0 Å². The fourth-order valence-electron chi connectivity index (χ4n) is 0. The van der Waals surface area contributed by atoms with Crippen LogP contribution in [0.1, 0.15) is 0 Å². The topological polar surface area (TPSA) is 0 Å². The normalized spacial score (nSPS) is 0. The maximum absolute atomic E-state index is 0. The van der Waals surface area contributed by atoms with Crippen LogP contribution in [0.2, 0.25) is 0 Å². The van der Waals surface area contributed by atoms with Crippen LogP contribution in [-0.4, -0.2) is 8.41 Å². The van der Waals surface area contributed by atoms with Crippen LogP contribution >= 0.6 is 0 Å². The van der Waals surface area contributed by atoms with Gasteiger partial charge in [0.1, 0.15) is 0 Å². The zero-order chi connectivity index (χ0) is 0. The molecule has 6 heteroatoms. The van der Waals surface area contributed by atoms with Gasteiger partial charge in [-0.3, -0.25) is 0 Å². The van der Waals surface area contributed by atoms with E-state index >= 15 is 0 Å². The van der Waals surface area contributed by atoms with Gasteiger partial charge in [-0.1, -0.05) is 0 Å². The SMILES string of the molecule is B.[Cl-].[Cl-].[Cl-].[Cl-].[Ti+4]. The number of hydrogen-bond acceptors (Lipinski definition) is 0. The van der Waals surface area contributed by atoms with Crippen molar-refractivity contribution in [2.75, 3.05) is 0 Å². The van der Waals surface area contributed by atoms with Gasteiger partial charge in [0, 0.05) is 0 Å². The summed E-state index contributed by atoms with van der Waals surface area (Å²) in [5.74, 6) is 0.